The summed E-state index contributed by atoms with van der Waals surface area (Å²) in [6.07, 6.45) is 1.43. The Morgan fingerprint density at radius 2 is 2.10 bits per heavy atom. The second-order valence-electron chi connectivity index (χ2n) is 3.98. The van der Waals surface area contributed by atoms with E-state index in [1.165, 1.54) is 37.6 Å². The first-order chi connectivity index (χ1) is 10.0. The average Bonchev–Trinajstić information content (AvgIpc) is 2.47. The molecule has 0 aliphatic carbocycles. The Balaban J connectivity index is 2.37. The number of pyridine rings is 1. The summed E-state index contributed by atoms with van der Waals surface area (Å²) in [6.45, 7) is 0. The summed E-state index contributed by atoms with van der Waals surface area (Å²) >= 11 is 0. The third-order valence-corrected chi connectivity index (χ3v) is 2.59. The molecule has 8 nitrogen and oxygen atoms in total. The minimum Gasteiger partial charge on any atom is -0.493 e. The zero-order chi connectivity index (χ0) is 15.4. The van der Waals surface area contributed by atoms with Gasteiger partial charge in [-0.15, -0.1) is 0 Å². The van der Waals surface area contributed by atoms with E-state index in [9.17, 15) is 10.1 Å². The molecule has 1 aromatic heterocycles. The molecule has 0 unspecified atom stereocenters. The SMILES string of the molecule is COc1ccc([N+](=O)[O-])cc1Oc1ccnc(C(=N)N)c1. The van der Waals surface area contributed by atoms with Gasteiger partial charge in [0.1, 0.15) is 17.3 Å². The summed E-state index contributed by atoms with van der Waals surface area (Å²) < 4.78 is 10.7. The van der Waals surface area contributed by atoms with Gasteiger partial charge in [0.25, 0.3) is 5.69 Å². The molecule has 1 aromatic carbocycles. The Kier molecular flexibility index (Phi) is 3.98. The molecule has 108 valence electrons. The highest BCUT2D eigenvalue weighted by atomic mass is 16.6. The standard InChI is InChI=1S/C13H12N4O4/c1-20-11-3-2-8(17(18)19)6-12(11)21-9-4-5-16-10(7-9)13(14)15/h2-7H,1H3,(H3,14,15). The van der Waals surface area contributed by atoms with Crippen LogP contribution in [0.5, 0.6) is 17.2 Å². The fraction of sp³-hybridized carbons (Fsp3) is 0.0769. The van der Waals surface area contributed by atoms with Crippen molar-refractivity contribution >= 4 is 11.5 Å². The maximum atomic E-state index is 10.8. The third-order valence-electron chi connectivity index (χ3n) is 2.59. The maximum Gasteiger partial charge on any atom is 0.273 e. The molecular weight excluding hydrogens is 276 g/mol. The summed E-state index contributed by atoms with van der Waals surface area (Å²) in [4.78, 5) is 14.2. The molecule has 3 N–H and O–H groups in total. The summed E-state index contributed by atoms with van der Waals surface area (Å²) in [5.74, 6) is 0.676. The molecule has 0 fully saturated rings. The molecular formula is C13H12N4O4. The lowest BCUT2D eigenvalue weighted by Gasteiger charge is -2.10. The lowest BCUT2D eigenvalue weighted by atomic mass is 10.2. The quantitative estimate of drug-likeness (QED) is 0.375. The molecule has 1 heterocycles. The Bertz CT molecular complexity index is 702. The van der Waals surface area contributed by atoms with E-state index in [-0.39, 0.29) is 23.0 Å². The molecule has 0 saturated carbocycles. The normalized spacial score (nSPS) is 9.95. The monoisotopic (exact) mass is 288 g/mol. The zero-order valence-electron chi connectivity index (χ0n) is 11.1. The van der Waals surface area contributed by atoms with Crippen LogP contribution in [0.25, 0.3) is 0 Å². The number of methoxy groups -OCH3 is 1. The predicted octanol–water partition coefficient (Wildman–Crippen LogP) is 2.07. The van der Waals surface area contributed by atoms with Crippen LogP contribution in [0.4, 0.5) is 5.69 Å². The number of aromatic nitrogens is 1. The van der Waals surface area contributed by atoms with Crippen molar-refractivity contribution in [1.82, 2.24) is 4.98 Å². The number of nitro groups is 1. The fourth-order valence-corrected chi connectivity index (χ4v) is 1.61. The van der Waals surface area contributed by atoms with Gasteiger partial charge < -0.3 is 15.2 Å². The van der Waals surface area contributed by atoms with E-state index in [2.05, 4.69) is 4.98 Å². The van der Waals surface area contributed by atoms with E-state index < -0.39 is 4.92 Å². The van der Waals surface area contributed by atoms with E-state index in [4.69, 9.17) is 20.6 Å². The largest absolute Gasteiger partial charge is 0.493 e. The Labute approximate surface area is 119 Å². The molecule has 0 bridgehead atoms. The number of nitrogens with one attached hydrogen (secondary N) is 1. The first kappa shape index (κ1) is 14.3. The van der Waals surface area contributed by atoms with Crippen LogP contribution in [0.2, 0.25) is 0 Å². The second-order valence-corrected chi connectivity index (χ2v) is 3.98. The maximum absolute atomic E-state index is 10.8. The number of nitrogen functional groups attached to an aromatic ring is 1. The van der Waals surface area contributed by atoms with Crippen molar-refractivity contribution in [3.8, 4) is 17.2 Å². The third kappa shape index (κ3) is 3.24. The second kappa shape index (κ2) is 5.87. The van der Waals surface area contributed by atoms with Crippen LogP contribution in [0.1, 0.15) is 5.69 Å². The average molecular weight is 288 g/mol. The molecule has 0 amide bonds. The van der Waals surface area contributed by atoms with Gasteiger partial charge in [0.2, 0.25) is 0 Å². The van der Waals surface area contributed by atoms with Gasteiger partial charge in [0.15, 0.2) is 11.5 Å². The van der Waals surface area contributed by atoms with Crippen molar-refractivity contribution in [2.24, 2.45) is 5.73 Å². The number of ether oxygens (including phenoxy) is 2. The number of hydrogen-bond donors (Lipinski definition) is 2. The van der Waals surface area contributed by atoms with Gasteiger partial charge in [-0.25, -0.2) is 0 Å². The van der Waals surface area contributed by atoms with Gasteiger partial charge >= 0.3 is 0 Å². The van der Waals surface area contributed by atoms with Gasteiger partial charge in [-0.3, -0.25) is 20.5 Å². The van der Waals surface area contributed by atoms with Crippen LogP contribution >= 0.6 is 0 Å². The molecule has 0 aliphatic heterocycles. The van der Waals surface area contributed by atoms with E-state index in [1.54, 1.807) is 6.07 Å². The molecule has 8 heteroatoms. The predicted molar refractivity (Wildman–Crippen MR) is 75.0 cm³/mol. The highest BCUT2D eigenvalue weighted by Crippen LogP contribution is 2.34. The van der Waals surface area contributed by atoms with Crippen molar-refractivity contribution in [3.63, 3.8) is 0 Å². The molecule has 21 heavy (non-hydrogen) atoms. The van der Waals surface area contributed by atoms with Crippen molar-refractivity contribution < 1.29 is 14.4 Å². The van der Waals surface area contributed by atoms with Crippen molar-refractivity contribution in [2.75, 3.05) is 7.11 Å². The van der Waals surface area contributed by atoms with E-state index >= 15 is 0 Å². The first-order valence-corrected chi connectivity index (χ1v) is 5.82. The number of nitrogens with two attached hydrogens (primary N) is 1. The Morgan fingerprint density at radius 1 is 1.33 bits per heavy atom. The van der Waals surface area contributed by atoms with Gasteiger partial charge in [-0.2, -0.15) is 0 Å². The van der Waals surface area contributed by atoms with E-state index in [1.807, 2.05) is 0 Å². The highest BCUT2D eigenvalue weighted by molar-refractivity contribution is 5.93. The minimum atomic E-state index is -0.528. The van der Waals surface area contributed by atoms with Crippen LogP contribution in [0, 0.1) is 15.5 Å². The van der Waals surface area contributed by atoms with Gasteiger partial charge in [-0.05, 0) is 12.1 Å². The Hall–Kier alpha value is -3.16. The van der Waals surface area contributed by atoms with Crippen molar-refractivity contribution in [2.45, 2.75) is 0 Å². The van der Waals surface area contributed by atoms with Gasteiger partial charge in [0, 0.05) is 18.3 Å². The Morgan fingerprint density at radius 3 is 2.71 bits per heavy atom. The number of nitro benzene ring substituents is 1. The van der Waals surface area contributed by atoms with Crippen LogP contribution in [-0.4, -0.2) is 22.9 Å². The lowest BCUT2D eigenvalue weighted by molar-refractivity contribution is -0.384. The van der Waals surface area contributed by atoms with Crippen LogP contribution in [0.3, 0.4) is 0 Å². The zero-order valence-corrected chi connectivity index (χ0v) is 11.1. The minimum absolute atomic E-state index is 0.119. The molecule has 0 saturated heterocycles. The van der Waals surface area contributed by atoms with Crippen molar-refractivity contribution in [3.05, 3.63) is 52.3 Å². The smallest absolute Gasteiger partial charge is 0.273 e. The van der Waals surface area contributed by atoms with Gasteiger partial charge in [-0.1, -0.05) is 0 Å². The molecule has 0 radical (unpaired) electrons. The number of non-ortho nitro benzene ring substituents is 1. The van der Waals surface area contributed by atoms with E-state index in [0.29, 0.717) is 11.5 Å². The number of rotatable bonds is 5. The molecule has 2 aromatic rings. The van der Waals surface area contributed by atoms with Crippen LogP contribution in [-0.2, 0) is 0 Å². The highest BCUT2D eigenvalue weighted by Gasteiger charge is 2.13. The molecule has 0 atom stereocenters. The molecule has 0 aliphatic rings. The summed E-state index contributed by atoms with van der Waals surface area (Å²) in [5, 5.41) is 18.1. The van der Waals surface area contributed by atoms with E-state index in [0.717, 1.165) is 0 Å². The summed E-state index contributed by atoms with van der Waals surface area (Å²) in [6, 6.07) is 7.03. The number of nitrogens with zero attached hydrogens (tertiary/aromatic N) is 2. The topological polar surface area (TPSA) is 124 Å². The van der Waals surface area contributed by atoms with Crippen molar-refractivity contribution in [1.29, 1.82) is 5.41 Å². The molecule has 0 spiro atoms. The number of amidine groups is 1. The van der Waals surface area contributed by atoms with Crippen LogP contribution < -0.4 is 15.2 Å². The molecule has 2 rings (SSSR count). The number of hydrogen-bond acceptors (Lipinski definition) is 6. The van der Waals surface area contributed by atoms with Crippen LogP contribution in [0.15, 0.2) is 36.5 Å². The lowest BCUT2D eigenvalue weighted by Crippen LogP contribution is -2.12. The summed E-state index contributed by atoms with van der Waals surface area (Å²) in [7, 11) is 1.43. The first-order valence-electron chi connectivity index (χ1n) is 5.82. The summed E-state index contributed by atoms with van der Waals surface area (Å²) in [5.41, 5.74) is 5.48. The number of benzene rings is 1. The fourth-order valence-electron chi connectivity index (χ4n) is 1.61. The van der Waals surface area contributed by atoms with Gasteiger partial charge in [0.05, 0.1) is 18.1 Å².